The van der Waals surface area contributed by atoms with Crippen molar-refractivity contribution in [1.82, 2.24) is 15.2 Å². The fraction of sp³-hybridized carbons (Fsp3) is 0.421. The van der Waals surface area contributed by atoms with E-state index in [0.717, 1.165) is 62.5 Å². The maximum Gasteiger partial charge on any atom is 0.149 e. The van der Waals surface area contributed by atoms with Crippen LogP contribution in [0.1, 0.15) is 17.7 Å². The lowest BCUT2D eigenvalue weighted by molar-refractivity contribution is 0.238. The molecule has 1 aliphatic rings. The lowest BCUT2D eigenvalue weighted by Crippen LogP contribution is -2.43. The third-order valence-corrected chi connectivity index (χ3v) is 4.40. The summed E-state index contributed by atoms with van der Waals surface area (Å²) in [5.41, 5.74) is 3.04. The Morgan fingerprint density at radius 3 is 2.79 bits per heavy atom. The zero-order valence-corrected chi connectivity index (χ0v) is 14.2. The van der Waals surface area contributed by atoms with E-state index in [-0.39, 0.29) is 5.82 Å². The van der Waals surface area contributed by atoms with Gasteiger partial charge in [-0.15, -0.1) is 0 Å². The van der Waals surface area contributed by atoms with Gasteiger partial charge in [-0.3, -0.25) is 4.98 Å². The van der Waals surface area contributed by atoms with Crippen LogP contribution in [0.15, 0.2) is 36.5 Å². The van der Waals surface area contributed by atoms with Crippen LogP contribution in [0.2, 0.25) is 0 Å². The van der Waals surface area contributed by atoms with Crippen LogP contribution in [0.4, 0.5) is 15.8 Å². The van der Waals surface area contributed by atoms with E-state index in [2.05, 4.69) is 20.5 Å². The first-order valence-corrected chi connectivity index (χ1v) is 8.62. The van der Waals surface area contributed by atoms with Crippen molar-refractivity contribution < 1.29 is 4.39 Å². The number of halogens is 1. The molecule has 5 heteroatoms. The summed E-state index contributed by atoms with van der Waals surface area (Å²) in [5, 5.41) is 6.47. The molecule has 0 saturated carbocycles. The highest BCUT2D eigenvalue weighted by atomic mass is 19.1. The van der Waals surface area contributed by atoms with Gasteiger partial charge in [0.1, 0.15) is 5.82 Å². The predicted octanol–water partition coefficient (Wildman–Crippen LogP) is 3.11. The van der Waals surface area contributed by atoms with Gasteiger partial charge < -0.3 is 15.5 Å². The first-order valence-electron chi connectivity index (χ1n) is 8.62. The van der Waals surface area contributed by atoms with E-state index in [1.54, 1.807) is 12.3 Å². The summed E-state index contributed by atoms with van der Waals surface area (Å²) < 4.78 is 14.7. The fourth-order valence-electron chi connectivity index (χ4n) is 2.99. The SMILES string of the molecule is Cc1ccc(Nc2cccc(CCCN3CCNCC3)c2F)cn1. The molecule has 0 spiro atoms. The van der Waals surface area contributed by atoms with E-state index in [4.69, 9.17) is 0 Å². The van der Waals surface area contributed by atoms with Crippen molar-refractivity contribution in [3.05, 3.63) is 53.6 Å². The van der Waals surface area contributed by atoms with Gasteiger partial charge in [-0.25, -0.2) is 4.39 Å². The molecule has 128 valence electrons. The van der Waals surface area contributed by atoms with Crippen molar-refractivity contribution in [2.75, 3.05) is 38.0 Å². The van der Waals surface area contributed by atoms with Crippen LogP contribution in [0.3, 0.4) is 0 Å². The number of pyridine rings is 1. The molecule has 2 aromatic rings. The third kappa shape index (κ3) is 4.52. The third-order valence-electron chi connectivity index (χ3n) is 4.40. The van der Waals surface area contributed by atoms with Crippen molar-refractivity contribution in [2.45, 2.75) is 19.8 Å². The Morgan fingerprint density at radius 2 is 2.04 bits per heavy atom. The quantitative estimate of drug-likeness (QED) is 0.855. The molecule has 1 aliphatic heterocycles. The minimum Gasteiger partial charge on any atom is -0.352 e. The summed E-state index contributed by atoms with van der Waals surface area (Å²) in [5.74, 6) is -0.154. The van der Waals surface area contributed by atoms with Crippen LogP contribution < -0.4 is 10.6 Å². The number of anilines is 2. The number of benzene rings is 1. The van der Waals surface area contributed by atoms with Gasteiger partial charge in [0.25, 0.3) is 0 Å². The van der Waals surface area contributed by atoms with E-state index in [0.29, 0.717) is 5.69 Å². The standard InChI is InChI=1S/C19H25FN4/c1-15-7-8-17(14-22-15)23-18-6-2-4-16(19(18)20)5-3-11-24-12-9-21-10-13-24/h2,4,6-8,14,21,23H,3,5,9-13H2,1H3. The highest BCUT2D eigenvalue weighted by Gasteiger charge is 2.11. The van der Waals surface area contributed by atoms with E-state index in [1.807, 2.05) is 31.2 Å². The van der Waals surface area contributed by atoms with Crippen molar-refractivity contribution in [3.8, 4) is 0 Å². The number of nitrogens with zero attached hydrogens (tertiary/aromatic N) is 2. The molecule has 1 aromatic heterocycles. The van der Waals surface area contributed by atoms with E-state index < -0.39 is 0 Å². The highest BCUT2D eigenvalue weighted by molar-refractivity contribution is 5.60. The topological polar surface area (TPSA) is 40.2 Å². The molecule has 24 heavy (non-hydrogen) atoms. The van der Waals surface area contributed by atoms with Gasteiger partial charge in [0.2, 0.25) is 0 Å². The van der Waals surface area contributed by atoms with Crippen LogP contribution in [-0.2, 0) is 6.42 Å². The number of aryl methyl sites for hydroxylation is 2. The van der Waals surface area contributed by atoms with Crippen LogP contribution in [0.25, 0.3) is 0 Å². The monoisotopic (exact) mass is 328 g/mol. The van der Waals surface area contributed by atoms with Crippen LogP contribution in [0.5, 0.6) is 0 Å². The van der Waals surface area contributed by atoms with Gasteiger partial charge >= 0.3 is 0 Å². The summed E-state index contributed by atoms with van der Waals surface area (Å²) in [4.78, 5) is 6.67. The van der Waals surface area contributed by atoms with Crippen LogP contribution >= 0.6 is 0 Å². The molecule has 4 nitrogen and oxygen atoms in total. The van der Waals surface area contributed by atoms with Crippen molar-refractivity contribution in [3.63, 3.8) is 0 Å². The molecule has 0 bridgehead atoms. The zero-order chi connectivity index (χ0) is 16.8. The minimum absolute atomic E-state index is 0.154. The zero-order valence-electron chi connectivity index (χ0n) is 14.2. The van der Waals surface area contributed by atoms with E-state index >= 15 is 0 Å². The van der Waals surface area contributed by atoms with Crippen LogP contribution in [0, 0.1) is 12.7 Å². The summed E-state index contributed by atoms with van der Waals surface area (Å²) in [6.07, 6.45) is 3.47. The van der Waals surface area contributed by atoms with Crippen molar-refractivity contribution in [2.24, 2.45) is 0 Å². The average molecular weight is 328 g/mol. The first-order chi connectivity index (χ1) is 11.7. The molecular formula is C19H25FN4. The van der Waals surface area contributed by atoms with Gasteiger partial charge in [-0.2, -0.15) is 0 Å². The second kappa shape index (κ2) is 8.22. The Morgan fingerprint density at radius 1 is 1.21 bits per heavy atom. The Labute approximate surface area is 143 Å². The number of hydrogen-bond acceptors (Lipinski definition) is 4. The molecule has 0 radical (unpaired) electrons. The minimum atomic E-state index is -0.154. The van der Waals surface area contributed by atoms with Gasteiger partial charge in [0, 0.05) is 31.9 Å². The number of hydrogen-bond donors (Lipinski definition) is 2. The van der Waals surface area contributed by atoms with Crippen molar-refractivity contribution >= 4 is 11.4 Å². The maximum absolute atomic E-state index is 14.7. The number of piperazine rings is 1. The summed E-state index contributed by atoms with van der Waals surface area (Å²) >= 11 is 0. The Bertz CT molecular complexity index is 651. The maximum atomic E-state index is 14.7. The Hall–Kier alpha value is -1.98. The summed E-state index contributed by atoms with van der Waals surface area (Å²) in [6.45, 7) is 7.25. The van der Waals surface area contributed by atoms with Crippen LogP contribution in [-0.4, -0.2) is 42.6 Å². The molecule has 0 aliphatic carbocycles. The molecule has 1 fully saturated rings. The number of aromatic nitrogens is 1. The van der Waals surface area contributed by atoms with Gasteiger partial charge in [0.05, 0.1) is 17.6 Å². The molecule has 0 amide bonds. The first kappa shape index (κ1) is 16.9. The predicted molar refractivity (Wildman–Crippen MR) is 96.3 cm³/mol. The lowest BCUT2D eigenvalue weighted by atomic mass is 10.1. The summed E-state index contributed by atoms with van der Waals surface area (Å²) in [7, 11) is 0. The fourth-order valence-corrected chi connectivity index (χ4v) is 2.99. The second-order valence-corrected chi connectivity index (χ2v) is 6.29. The normalized spacial score (nSPS) is 15.4. The molecule has 3 rings (SSSR count). The Kier molecular flexibility index (Phi) is 5.77. The molecule has 2 heterocycles. The lowest BCUT2D eigenvalue weighted by Gasteiger charge is -2.27. The van der Waals surface area contributed by atoms with Gasteiger partial charge in [-0.05, 0) is 50.1 Å². The molecule has 0 unspecified atom stereocenters. The van der Waals surface area contributed by atoms with E-state index in [9.17, 15) is 4.39 Å². The number of nitrogens with one attached hydrogen (secondary N) is 2. The smallest absolute Gasteiger partial charge is 0.149 e. The summed E-state index contributed by atoms with van der Waals surface area (Å²) in [6, 6.07) is 9.39. The highest BCUT2D eigenvalue weighted by Crippen LogP contribution is 2.23. The number of rotatable bonds is 6. The molecule has 1 aromatic carbocycles. The molecule has 2 N–H and O–H groups in total. The van der Waals surface area contributed by atoms with E-state index in [1.165, 1.54) is 0 Å². The second-order valence-electron chi connectivity index (χ2n) is 6.29. The van der Waals surface area contributed by atoms with Gasteiger partial charge in [0.15, 0.2) is 0 Å². The molecule has 0 atom stereocenters. The molecular weight excluding hydrogens is 303 g/mol. The molecule has 1 saturated heterocycles. The van der Waals surface area contributed by atoms with Gasteiger partial charge in [-0.1, -0.05) is 12.1 Å². The average Bonchev–Trinajstić information content (AvgIpc) is 2.61. The van der Waals surface area contributed by atoms with Crippen molar-refractivity contribution in [1.29, 1.82) is 0 Å². The Balaban J connectivity index is 1.59. The largest absolute Gasteiger partial charge is 0.352 e.